The van der Waals surface area contributed by atoms with Crippen molar-refractivity contribution in [1.29, 1.82) is 0 Å². The highest BCUT2D eigenvalue weighted by molar-refractivity contribution is 5.91. The lowest BCUT2D eigenvalue weighted by Gasteiger charge is -2.05. The standard InChI is InChI=1S/C25H24N4O2/c30-25(27-17-5-9-24-28-22-7-1-2-8-23(22)29-24)15-12-19-10-13-21(14-11-19)31-18-20-6-3-4-16-26-20/h1-4,6-8,10-16H,5,9,17-18H2,(H,27,30)(H,28,29)/b15-12+. The first kappa shape index (κ1) is 20.3. The number of carbonyl (C=O) groups excluding carboxylic acids is 1. The highest BCUT2D eigenvalue weighted by atomic mass is 16.5. The second-order valence-electron chi connectivity index (χ2n) is 7.11. The van der Waals surface area contributed by atoms with Crippen LogP contribution >= 0.6 is 0 Å². The van der Waals surface area contributed by atoms with Gasteiger partial charge in [0.1, 0.15) is 18.2 Å². The Hall–Kier alpha value is -3.93. The minimum atomic E-state index is -0.111. The number of imidazole rings is 1. The maximum atomic E-state index is 12.0. The predicted octanol–water partition coefficient (Wildman–Crippen LogP) is 4.30. The summed E-state index contributed by atoms with van der Waals surface area (Å²) < 4.78 is 5.72. The molecular weight excluding hydrogens is 388 g/mol. The molecule has 4 aromatic rings. The Morgan fingerprint density at radius 1 is 1.03 bits per heavy atom. The number of fused-ring (bicyclic) bond motifs is 1. The molecule has 2 heterocycles. The minimum absolute atomic E-state index is 0.111. The number of hydrogen-bond acceptors (Lipinski definition) is 4. The van der Waals surface area contributed by atoms with E-state index in [0.29, 0.717) is 13.2 Å². The SMILES string of the molecule is O=C(/C=C/c1ccc(OCc2ccccn2)cc1)NCCCc1nc2ccccc2[nH]1. The number of ether oxygens (including phenoxy) is 1. The van der Waals surface area contributed by atoms with E-state index in [9.17, 15) is 4.79 Å². The number of pyridine rings is 1. The third kappa shape index (κ3) is 6.02. The van der Waals surface area contributed by atoms with E-state index in [0.717, 1.165) is 46.7 Å². The molecule has 1 amide bonds. The van der Waals surface area contributed by atoms with Gasteiger partial charge >= 0.3 is 0 Å². The zero-order valence-corrected chi connectivity index (χ0v) is 17.1. The molecule has 0 atom stereocenters. The Labute approximate surface area is 181 Å². The van der Waals surface area contributed by atoms with Crippen LogP contribution in [0.1, 0.15) is 23.5 Å². The van der Waals surface area contributed by atoms with Crippen LogP contribution in [-0.2, 0) is 17.8 Å². The number of H-pyrrole nitrogens is 1. The molecular formula is C25H24N4O2. The zero-order valence-electron chi connectivity index (χ0n) is 17.1. The van der Waals surface area contributed by atoms with E-state index < -0.39 is 0 Å². The van der Waals surface area contributed by atoms with Crippen LogP contribution in [0.25, 0.3) is 17.1 Å². The van der Waals surface area contributed by atoms with Gasteiger partial charge in [-0.3, -0.25) is 9.78 Å². The number of nitrogens with zero attached hydrogens (tertiary/aromatic N) is 2. The van der Waals surface area contributed by atoms with Crippen molar-refractivity contribution >= 4 is 23.0 Å². The normalized spacial score (nSPS) is 11.1. The van der Waals surface area contributed by atoms with E-state index in [1.165, 1.54) is 0 Å². The van der Waals surface area contributed by atoms with Crippen LogP contribution in [0.3, 0.4) is 0 Å². The van der Waals surface area contributed by atoms with Crippen molar-refractivity contribution in [2.24, 2.45) is 0 Å². The monoisotopic (exact) mass is 412 g/mol. The predicted molar refractivity (Wildman–Crippen MR) is 121 cm³/mol. The van der Waals surface area contributed by atoms with Crippen molar-refractivity contribution in [3.63, 3.8) is 0 Å². The van der Waals surface area contributed by atoms with Crippen LogP contribution in [0, 0.1) is 0 Å². The molecule has 0 spiro atoms. The number of amides is 1. The van der Waals surface area contributed by atoms with Gasteiger partial charge in [0.15, 0.2) is 0 Å². The van der Waals surface area contributed by atoms with Crippen molar-refractivity contribution < 1.29 is 9.53 Å². The van der Waals surface area contributed by atoms with Crippen LogP contribution in [0.2, 0.25) is 0 Å². The highest BCUT2D eigenvalue weighted by Gasteiger charge is 2.02. The summed E-state index contributed by atoms with van der Waals surface area (Å²) in [5.74, 6) is 1.59. The number of aryl methyl sites for hydroxylation is 1. The van der Waals surface area contributed by atoms with Crippen LogP contribution in [0.15, 0.2) is 79.0 Å². The van der Waals surface area contributed by atoms with Crippen molar-refractivity contribution in [2.45, 2.75) is 19.4 Å². The van der Waals surface area contributed by atoms with E-state index in [-0.39, 0.29) is 5.91 Å². The maximum absolute atomic E-state index is 12.0. The summed E-state index contributed by atoms with van der Waals surface area (Å²) in [5, 5.41) is 2.91. The number of hydrogen-bond donors (Lipinski definition) is 2. The van der Waals surface area contributed by atoms with Gasteiger partial charge in [0.05, 0.1) is 16.7 Å². The molecule has 4 rings (SSSR count). The van der Waals surface area contributed by atoms with E-state index in [1.54, 1.807) is 18.3 Å². The molecule has 0 fully saturated rings. The topological polar surface area (TPSA) is 79.9 Å². The van der Waals surface area contributed by atoms with Gasteiger partial charge in [-0.1, -0.05) is 30.3 Å². The van der Waals surface area contributed by atoms with E-state index in [4.69, 9.17) is 4.74 Å². The molecule has 0 saturated carbocycles. The average molecular weight is 412 g/mol. The van der Waals surface area contributed by atoms with Crippen LogP contribution in [-0.4, -0.2) is 27.4 Å². The fourth-order valence-corrected chi connectivity index (χ4v) is 3.14. The number of carbonyl (C=O) groups is 1. The lowest BCUT2D eigenvalue weighted by atomic mass is 10.2. The molecule has 0 bridgehead atoms. The van der Waals surface area contributed by atoms with Gasteiger partial charge < -0.3 is 15.0 Å². The summed E-state index contributed by atoms with van der Waals surface area (Å²) >= 11 is 0. The van der Waals surface area contributed by atoms with Crippen molar-refractivity contribution in [3.05, 3.63) is 96.1 Å². The molecule has 2 aromatic heterocycles. The first-order valence-electron chi connectivity index (χ1n) is 10.3. The van der Waals surface area contributed by atoms with Crippen molar-refractivity contribution in [1.82, 2.24) is 20.3 Å². The summed E-state index contributed by atoms with van der Waals surface area (Å²) in [5.41, 5.74) is 3.82. The van der Waals surface area contributed by atoms with E-state index in [1.807, 2.05) is 66.7 Å². The number of rotatable bonds is 9. The Bertz CT molecular complexity index is 1120. The molecule has 2 aromatic carbocycles. The number of nitrogens with one attached hydrogen (secondary N) is 2. The van der Waals surface area contributed by atoms with E-state index >= 15 is 0 Å². The first-order chi connectivity index (χ1) is 15.3. The molecule has 0 radical (unpaired) electrons. The second-order valence-corrected chi connectivity index (χ2v) is 7.11. The Balaban J connectivity index is 1.18. The van der Waals surface area contributed by atoms with Crippen LogP contribution < -0.4 is 10.1 Å². The molecule has 6 heteroatoms. The number of para-hydroxylation sites is 2. The largest absolute Gasteiger partial charge is 0.487 e. The summed E-state index contributed by atoms with van der Waals surface area (Å²) in [6.45, 7) is 1.02. The summed E-state index contributed by atoms with van der Waals surface area (Å²) in [6.07, 6.45) is 6.69. The fraction of sp³-hybridized carbons (Fsp3) is 0.160. The zero-order chi connectivity index (χ0) is 21.3. The summed E-state index contributed by atoms with van der Waals surface area (Å²) in [6, 6.07) is 21.3. The smallest absolute Gasteiger partial charge is 0.243 e. The minimum Gasteiger partial charge on any atom is -0.487 e. The third-order valence-corrected chi connectivity index (χ3v) is 4.75. The van der Waals surface area contributed by atoms with Crippen molar-refractivity contribution in [2.75, 3.05) is 6.54 Å². The Morgan fingerprint density at radius 3 is 2.68 bits per heavy atom. The molecule has 0 unspecified atom stereocenters. The molecule has 156 valence electrons. The Morgan fingerprint density at radius 2 is 1.87 bits per heavy atom. The molecule has 0 aliphatic carbocycles. The molecule has 2 N–H and O–H groups in total. The second kappa shape index (κ2) is 10.2. The van der Waals surface area contributed by atoms with Crippen LogP contribution in [0.4, 0.5) is 0 Å². The van der Waals surface area contributed by atoms with Gasteiger partial charge in [0, 0.05) is 25.2 Å². The third-order valence-electron chi connectivity index (χ3n) is 4.75. The fourth-order valence-electron chi connectivity index (χ4n) is 3.14. The van der Waals surface area contributed by atoms with Gasteiger partial charge in [0.2, 0.25) is 5.91 Å². The van der Waals surface area contributed by atoms with Gasteiger partial charge in [-0.25, -0.2) is 4.98 Å². The van der Waals surface area contributed by atoms with Crippen LogP contribution in [0.5, 0.6) is 5.75 Å². The number of aromatic nitrogens is 3. The van der Waals surface area contributed by atoms with Gasteiger partial charge in [-0.15, -0.1) is 0 Å². The molecule has 6 nitrogen and oxygen atoms in total. The first-order valence-corrected chi connectivity index (χ1v) is 10.3. The number of benzene rings is 2. The van der Waals surface area contributed by atoms with Gasteiger partial charge in [-0.05, 0) is 54.5 Å². The maximum Gasteiger partial charge on any atom is 0.243 e. The number of aromatic amines is 1. The lowest BCUT2D eigenvalue weighted by molar-refractivity contribution is -0.116. The van der Waals surface area contributed by atoms with Gasteiger partial charge in [-0.2, -0.15) is 0 Å². The molecule has 31 heavy (non-hydrogen) atoms. The van der Waals surface area contributed by atoms with Crippen molar-refractivity contribution in [3.8, 4) is 5.75 Å². The average Bonchev–Trinajstić information content (AvgIpc) is 3.23. The molecule has 0 aliphatic heterocycles. The Kier molecular flexibility index (Phi) is 6.70. The lowest BCUT2D eigenvalue weighted by Crippen LogP contribution is -2.22. The summed E-state index contributed by atoms with van der Waals surface area (Å²) in [7, 11) is 0. The quantitative estimate of drug-likeness (QED) is 0.317. The molecule has 0 saturated heterocycles. The van der Waals surface area contributed by atoms with Gasteiger partial charge in [0.25, 0.3) is 0 Å². The summed E-state index contributed by atoms with van der Waals surface area (Å²) in [4.78, 5) is 24.1. The highest BCUT2D eigenvalue weighted by Crippen LogP contribution is 2.15. The van der Waals surface area contributed by atoms with E-state index in [2.05, 4.69) is 20.3 Å². The molecule has 0 aliphatic rings.